The van der Waals surface area contributed by atoms with Crippen LogP contribution in [0.5, 0.6) is 0 Å². The fraction of sp³-hybridized carbons (Fsp3) is 1.00. The molecule has 1 aliphatic heterocycles. The zero-order chi connectivity index (χ0) is 14.6. The second-order valence-corrected chi connectivity index (χ2v) is 7.82. The van der Waals surface area contributed by atoms with Crippen LogP contribution in [0.15, 0.2) is 0 Å². The highest BCUT2D eigenvalue weighted by molar-refractivity contribution is 4.91. The monoisotopic (exact) mass is 282 g/mol. The first-order valence-corrected chi connectivity index (χ1v) is 8.58. The summed E-state index contributed by atoms with van der Waals surface area (Å²) in [7, 11) is 0. The Morgan fingerprint density at radius 3 is 2.25 bits per heavy atom. The normalized spacial score (nSPS) is 26.2. The molecule has 1 spiro atoms. The lowest BCUT2D eigenvalue weighted by Crippen LogP contribution is -2.51. The Balaban J connectivity index is 1.74. The van der Waals surface area contributed by atoms with Gasteiger partial charge in [-0.1, -0.05) is 26.7 Å². The summed E-state index contributed by atoms with van der Waals surface area (Å²) >= 11 is 0. The fourth-order valence-corrected chi connectivity index (χ4v) is 4.17. The maximum Gasteiger partial charge on any atom is 0.0611 e. The number of rotatable bonds is 6. The van der Waals surface area contributed by atoms with Crippen molar-refractivity contribution < 1.29 is 5.11 Å². The molecule has 3 nitrogen and oxygen atoms in total. The van der Waals surface area contributed by atoms with E-state index in [1.807, 2.05) is 0 Å². The molecule has 1 unspecified atom stereocenters. The summed E-state index contributed by atoms with van der Waals surface area (Å²) in [5.41, 5.74) is 0.587. The highest BCUT2D eigenvalue weighted by Gasteiger charge is 2.37. The lowest BCUT2D eigenvalue weighted by atomic mass is 9.77. The molecule has 3 heteroatoms. The van der Waals surface area contributed by atoms with Gasteiger partial charge in [0.05, 0.1) is 6.61 Å². The van der Waals surface area contributed by atoms with Crippen molar-refractivity contribution in [1.29, 1.82) is 0 Å². The van der Waals surface area contributed by atoms with Crippen molar-refractivity contribution in [1.82, 2.24) is 10.2 Å². The Morgan fingerprint density at radius 1 is 1.15 bits per heavy atom. The summed E-state index contributed by atoms with van der Waals surface area (Å²) in [4.78, 5) is 2.61. The topological polar surface area (TPSA) is 35.5 Å². The molecule has 1 heterocycles. The molecule has 118 valence electrons. The maximum absolute atomic E-state index is 9.65. The molecule has 1 aliphatic carbocycles. The number of piperidine rings is 1. The van der Waals surface area contributed by atoms with Crippen molar-refractivity contribution in [3.05, 3.63) is 0 Å². The Labute approximate surface area is 125 Å². The number of nitrogens with zero attached hydrogens (tertiary/aromatic N) is 1. The molecule has 0 aromatic rings. The van der Waals surface area contributed by atoms with Crippen molar-refractivity contribution in [2.24, 2.45) is 5.41 Å². The van der Waals surface area contributed by atoms with E-state index in [9.17, 15) is 5.11 Å². The number of hydrogen-bond acceptors (Lipinski definition) is 3. The zero-order valence-corrected chi connectivity index (χ0v) is 13.7. The lowest BCUT2D eigenvalue weighted by molar-refractivity contribution is 0.0878. The van der Waals surface area contributed by atoms with Gasteiger partial charge in [0.25, 0.3) is 0 Å². The highest BCUT2D eigenvalue weighted by atomic mass is 16.3. The molecule has 1 saturated carbocycles. The minimum atomic E-state index is -0.128. The van der Waals surface area contributed by atoms with Crippen LogP contribution in [0, 0.1) is 5.41 Å². The van der Waals surface area contributed by atoms with Crippen LogP contribution in [0.3, 0.4) is 0 Å². The molecule has 0 aromatic carbocycles. The van der Waals surface area contributed by atoms with Crippen molar-refractivity contribution in [2.45, 2.75) is 77.3 Å². The van der Waals surface area contributed by atoms with E-state index in [1.54, 1.807) is 0 Å². The van der Waals surface area contributed by atoms with Crippen LogP contribution in [-0.2, 0) is 0 Å². The van der Waals surface area contributed by atoms with Gasteiger partial charge in [-0.3, -0.25) is 0 Å². The van der Waals surface area contributed by atoms with Crippen LogP contribution in [0.4, 0.5) is 0 Å². The lowest BCUT2D eigenvalue weighted by Gasteiger charge is -2.41. The van der Waals surface area contributed by atoms with Crippen molar-refractivity contribution in [2.75, 3.05) is 26.2 Å². The largest absolute Gasteiger partial charge is 0.394 e. The van der Waals surface area contributed by atoms with Gasteiger partial charge in [0.1, 0.15) is 0 Å². The summed E-state index contributed by atoms with van der Waals surface area (Å²) in [5.74, 6) is 0. The maximum atomic E-state index is 9.65. The van der Waals surface area contributed by atoms with Crippen molar-refractivity contribution in [3.63, 3.8) is 0 Å². The molecule has 0 bridgehead atoms. The second-order valence-electron chi connectivity index (χ2n) is 7.82. The van der Waals surface area contributed by atoms with E-state index in [1.165, 1.54) is 51.6 Å². The molecule has 2 fully saturated rings. The van der Waals surface area contributed by atoms with E-state index in [2.05, 4.69) is 31.0 Å². The molecule has 0 amide bonds. The first-order chi connectivity index (χ1) is 9.47. The van der Waals surface area contributed by atoms with Gasteiger partial charge >= 0.3 is 0 Å². The van der Waals surface area contributed by atoms with Gasteiger partial charge in [-0.25, -0.2) is 0 Å². The summed E-state index contributed by atoms with van der Waals surface area (Å²) in [5, 5.41) is 13.2. The SMILES string of the molecule is CC(C)NC(C)(CO)CCN1CCC2(CCCC2)CC1. The molecule has 2 rings (SSSR count). The molecular formula is C17H34N2O. The smallest absolute Gasteiger partial charge is 0.0611 e. The predicted octanol–water partition coefficient (Wildman–Crippen LogP) is 2.78. The molecule has 2 N–H and O–H groups in total. The molecule has 1 atom stereocenters. The van der Waals surface area contributed by atoms with Gasteiger partial charge < -0.3 is 15.3 Å². The van der Waals surface area contributed by atoms with E-state index < -0.39 is 0 Å². The molecule has 2 aliphatic rings. The van der Waals surface area contributed by atoms with Crippen LogP contribution in [0.25, 0.3) is 0 Å². The number of aliphatic hydroxyl groups excluding tert-OH is 1. The third kappa shape index (κ3) is 4.19. The minimum Gasteiger partial charge on any atom is -0.394 e. The first-order valence-electron chi connectivity index (χ1n) is 8.58. The summed E-state index contributed by atoms with van der Waals surface area (Å²) in [6.07, 6.45) is 9.71. The van der Waals surface area contributed by atoms with Gasteiger partial charge in [0, 0.05) is 11.6 Å². The van der Waals surface area contributed by atoms with Crippen molar-refractivity contribution in [3.8, 4) is 0 Å². The molecule has 1 saturated heterocycles. The van der Waals surface area contributed by atoms with Gasteiger partial charge in [0.2, 0.25) is 0 Å². The van der Waals surface area contributed by atoms with E-state index in [0.29, 0.717) is 11.5 Å². The average Bonchev–Trinajstić information content (AvgIpc) is 2.86. The van der Waals surface area contributed by atoms with E-state index in [-0.39, 0.29) is 12.1 Å². The number of nitrogens with one attached hydrogen (secondary N) is 1. The number of hydrogen-bond donors (Lipinski definition) is 2. The summed E-state index contributed by atoms with van der Waals surface area (Å²) in [6.45, 7) is 10.3. The highest BCUT2D eigenvalue weighted by Crippen LogP contribution is 2.46. The Kier molecular flexibility index (Phi) is 5.49. The van der Waals surface area contributed by atoms with E-state index in [0.717, 1.165) is 13.0 Å². The Morgan fingerprint density at radius 2 is 1.75 bits per heavy atom. The van der Waals surface area contributed by atoms with Crippen LogP contribution in [0.1, 0.15) is 65.7 Å². The third-order valence-electron chi connectivity index (χ3n) is 5.55. The van der Waals surface area contributed by atoms with Crippen LogP contribution >= 0.6 is 0 Å². The van der Waals surface area contributed by atoms with Gasteiger partial charge in [0.15, 0.2) is 0 Å². The standard InChI is InChI=1S/C17H34N2O/c1-15(2)18-16(3,14-20)8-11-19-12-9-17(10-13-19)6-4-5-7-17/h15,18,20H,4-14H2,1-3H3. The van der Waals surface area contributed by atoms with Gasteiger partial charge in [-0.15, -0.1) is 0 Å². The Bertz CT molecular complexity index is 289. The molecule has 0 aromatic heterocycles. The molecular weight excluding hydrogens is 248 g/mol. The number of likely N-dealkylation sites (tertiary alicyclic amines) is 1. The predicted molar refractivity (Wildman–Crippen MR) is 85.0 cm³/mol. The van der Waals surface area contributed by atoms with Crippen LogP contribution in [0.2, 0.25) is 0 Å². The van der Waals surface area contributed by atoms with Crippen LogP contribution in [-0.4, -0.2) is 47.8 Å². The van der Waals surface area contributed by atoms with E-state index in [4.69, 9.17) is 0 Å². The zero-order valence-electron chi connectivity index (χ0n) is 13.7. The second kappa shape index (κ2) is 6.76. The van der Waals surface area contributed by atoms with Gasteiger partial charge in [-0.2, -0.15) is 0 Å². The van der Waals surface area contributed by atoms with Gasteiger partial charge in [-0.05, 0) is 64.1 Å². The minimum absolute atomic E-state index is 0.128. The third-order valence-corrected chi connectivity index (χ3v) is 5.55. The van der Waals surface area contributed by atoms with Crippen LogP contribution < -0.4 is 5.32 Å². The average molecular weight is 282 g/mol. The fourth-order valence-electron chi connectivity index (χ4n) is 4.17. The molecule has 0 radical (unpaired) electrons. The quantitative estimate of drug-likeness (QED) is 0.786. The number of aliphatic hydroxyl groups is 1. The Hall–Kier alpha value is -0.120. The van der Waals surface area contributed by atoms with Crippen molar-refractivity contribution >= 4 is 0 Å². The summed E-state index contributed by atoms with van der Waals surface area (Å²) < 4.78 is 0. The molecule has 20 heavy (non-hydrogen) atoms. The first kappa shape index (κ1) is 16.3. The summed E-state index contributed by atoms with van der Waals surface area (Å²) in [6, 6.07) is 0.426. The van der Waals surface area contributed by atoms with E-state index >= 15 is 0 Å².